The Balaban J connectivity index is 0.000000504. The molecule has 13 saturated heterocycles. The van der Waals surface area contributed by atoms with Gasteiger partial charge in [0.25, 0.3) is 0 Å². The Hall–Kier alpha value is -3.66. The Bertz CT molecular complexity index is 3090. The Morgan fingerprint density at radius 1 is 0.405 bits per heavy atom. The SMILES string of the molecule is C.C.C.C.C.C.C.C.C.C.CCC1CC(CC)C2C3CC(CC3C(C)C(=O)O)C12.CCC1OC(CC)C2C3OC(CC3C(CC(=O)O)OC(C)=O)C12.CCC1OC(CC)C2C3OC(CC3C(CC(=O)O)OC3CCCCO3)C12.CCC1OC(CC)C2C3OC(CC3CC(C)(O)CC(=O)O)C12.CCC1OC(CC)C2C3OC(CC3CC(O)CC(=O)O)C12. The van der Waals surface area contributed by atoms with Crippen LogP contribution in [0.15, 0.2) is 0 Å². The van der Waals surface area contributed by atoms with Gasteiger partial charge in [-0.3, -0.25) is 28.8 Å². The second-order valence-corrected chi connectivity index (χ2v) is 37.1. The Morgan fingerprint density at radius 3 is 1.17 bits per heavy atom. The molecule has 121 heavy (non-hydrogen) atoms. The zero-order valence-electron chi connectivity index (χ0n) is 68.8. The number of ether oxygens (including phenoxy) is 11. The van der Waals surface area contributed by atoms with Crippen LogP contribution >= 0.6 is 0 Å². The number of rotatable bonds is 29. The van der Waals surface area contributed by atoms with E-state index in [0.717, 1.165) is 132 Å². The van der Waals surface area contributed by atoms with E-state index in [4.69, 9.17) is 67.4 Å². The van der Waals surface area contributed by atoms with Crippen molar-refractivity contribution >= 4 is 35.8 Å². The summed E-state index contributed by atoms with van der Waals surface area (Å²) in [6.45, 7) is 27.5. The number of fused-ring (bicyclic) bond motifs is 25. The van der Waals surface area contributed by atoms with Gasteiger partial charge in [-0.2, -0.15) is 0 Å². The number of aliphatic hydroxyl groups excluding tert-OH is 1. The molecular weight excluding hydrogens is 1550 g/mol. The fourth-order valence-electron chi connectivity index (χ4n) is 27.0. The molecule has 13 heterocycles. The van der Waals surface area contributed by atoms with Crippen molar-refractivity contribution in [2.75, 3.05) is 6.61 Å². The van der Waals surface area contributed by atoms with Gasteiger partial charge in [0.2, 0.25) is 0 Å². The minimum absolute atomic E-state index is 0. The van der Waals surface area contributed by atoms with Crippen molar-refractivity contribution < 1.29 is 117 Å². The molecule has 0 aromatic carbocycles. The molecule has 24 nitrogen and oxygen atoms in total. The second-order valence-electron chi connectivity index (χ2n) is 37.1. The Kier molecular flexibility index (Phi) is 45.6. The van der Waals surface area contributed by atoms with Crippen LogP contribution < -0.4 is 0 Å². The van der Waals surface area contributed by atoms with Crippen LogP contribution in [0.25, 0.3) is 0 Å². The largest absolute Gasteiger partial charge is 0.481 e. The number of carbonyl (C=O) groups is 6. The summed E-state index contributed by atoms with van der Waals surface area (Å²) in [4.78, 5) is 66.9. The Labute approximate surface area is 733 Å². The van der Waals surface area contributed by atoms with E-state index in [1.54, 1.807) is 6.92 Å². The lowest BCUT2D eigenvalue weighted by Gasteiger charge is -2.37. The smallest absolute Gasteiger partial charge is 0.307 e. The molecular formula is C97H180O24. The molecule has 16 rings (SSSR count). The summed E-state index contributed by atoms with van der Waals surface area (Å²) in [7, 11) is 0. The molecule has 16 fully saturated rings. The molecule has 3 aliphatic carbocycles. The second kappa shape index (κ2) is 48.7. The average molecular weight is 1730 g/mol. The standard InChI is InChI=1S/C20H32O6.C17H26O6.C17H28O5.C17H28O2.C16H26O5.10CH4/c1-3-12-18-15-9-11(20(26-15)19(18)13(4-2)24-12)14(10-16(21)22)25-17-7-5-6-8-23-17;1-4-10-15-13-6-9(12(7-14(19)20)21-8(3)18)17(23-13)16(15)11(5-2)22-10;1-4-10-14-12-6-9(7-17(3,20)8-13(18)19)16(22-12)15(14)11(5-2)21-10;1-4-10-6-11(5-2)16-14-8-12(15(10)16)7-13(14)9(3)17(18)19;1-3-10-14-12-6-8(5-9(17)7-13(18)19)16(21-12)15(14)11(4-2)20-10;;;;;;;;;;/h11-15,17-20H,3-10H2,1-2H3,(H,21,22);9-13,15-17H,4-7H2,1-3H3,(H,19,20);9-12,14-16,20H,4-8H2,1-3H3,(H,18,19);9-16H,4-8H2,1-3H3,(H,18,19);8-12,14-17H,3-7H2,1-2H3,(H,18,19);10*1H4. The van der Waals surface area contributed by atoms with Crippen molar-refractivity contribution in [1.29, 1.82) is 0 Å². The van der Waals surface area contributed by atoms with E-state index in [9.17, 15) is 49.2 Å². The molecule has 10 bridgehead atoms. The highest BCUT2D eigenvalue weighted by atomic mass is 16.7. The first-order chi connectivity index (χ1) is 53.1. The quantitative estimate of drug-likeness (QED) is 0.0342. The van der Waals surface area contributed by atoms with Crippen molar-refractivity contribution in [1.82, 2.24) is 0 Å². The van der Waals surface area contributed by atoms with Gasteiger partial charge in [0.15, 0.2) is 6.29 Å². The lowest BCUT2D eigenvalue weighted by molar-refractivity contribution is -0.206. The molecule has 41 unspecified atom stereocenters. The summed E-state index contributed by atoms with van der Waals surface area (Å²) >= 11 is 0. The van der Waals surface area contributed by atoms with Crippen LogP contribution in [0.1, 0.15) is 331 Å². The first-order valence-corrected chi connectivity index (χ1v) is 44.2. The van der Waals surface area contributed by atoms with Crippen LogP contribution in [0.4, 0.5) is 0 Å². The molecule has 0 aromatic rings. The number of hydrogen-bond acceptors (Lipinski definition) is 19. The molecule has 7 N–H and O–H groups in total. The van der Waals surface area contributed by atoms with Crippen molar-refractivity contribution in [3.63, 3.8) is 0 Å². The maximum Gasteiger partial charge on any atom is 0.307 e. The number of hydrogen-bond donors (Lipinski definition) is 7. The van der Waals surface area contributed by atoms with Crippen molar-refractivity contribution in [2.24, 2.45) is 118 Å². The molecule has 0 amide bonds. The van der Waals surface area contributed by atoms with Crippen LogP contribution in [-0.2, 0) is 80.9 Å². The molecule has 16 aliphatic rings. The van der Waals surface area contributed by atoms with Gasteiger partial charge in [0.05, 0.1) is 147 Å². The van der Waals surface area contributed by atoms with Crippen molar-refractivity contribution in [2.45, 2.75) is 459 Å². The fourth-order valence-corrected chi connectivity index (χ4v) is 27.0. The van der Waals surface area contributed by atoms with E-state index in [1.807, 2.05) is 6.92 Å². The first kappa shape index (κ1) is 113. The summed E-state index contributed by atoms with van der Waals surface area (Å²) in [6.07, 6.45) is 22.5. The van der Waals surface area contributed by atoms with Crippen LogP contribution in [0.5, 0.6) is 0 Å². The normalized spacial score (nSPS) is 41.9. The molecule has 0 radical (unpaired) electrons. The molecule has 712 valence electrons. The van der Waals surface area contributed by atoms with E-state index in [1.165, 1.54) is 39.0 Å². The lowest BCUT2D eigenvalue weighted by atomic mass is 9.67. The van der Waals surface area contributed by atoms with E-state index in [0.29, 0.717) is 84.9 Å². The summed E-state index contributed by atoms with van der Waals surface area (Å²) in [5.41, 5.74) is -1.16. The lowest BCUT2D eigenvalue weighted by Crippen LogP contribution is -2.44. The molecule has 41 atom stereocenters. The van der Waals surface area contributed by atoms with E-state index >= 15 is 0 Å². The maximum absolute atomic E-state index is 11.5. The monoisotopic (exact) mass is 1730 g/mol. The number of aliphatic hydroxyl groups is 2. The highest BCUT2D eigenvalue weighted by Gasteiger charge is 2.68. The van der Waals surface area contributed by atoms with Crippen LogP contribution in [0, 0.1) is 118 Å². The first-order valence-electron chi connectivity index (χ1n) is 44.2. The molecule has 3 saturated carbocycles. The number of aliphatic carboxylic acids is 5. The summed E-state index contributed by atoms with van der Waals surface area (Å²) in [5, 5.41) is 65.9. The van der Waals surface area contributed by atoms with Crippen molar-refractivity contribution in [3.8, 4) is 0 Å². The van der Waals surface area contributed by atoms with Gasteiger partial charge in [0, 0.05) is 72.7 Å². The number of carbonyl (C=O) groups excluding carboxylic acids is 1. The zero-order chi connectivity index (χ0) is 79.9. The van der Waals surface area contributed by atoms with E-state index in [-0.39, 0.29) is 227 Å². The minimum atomic E-state index is -1.16. The fraction of sp³-hybridized carbons (Fsp3) is 0.938. The molecule has 0 spiro atoms. The van der Waals surface area contributed by atoms with Gasteiger partial charge < -0.3 is 87.9 Å². The van der Waals surface area contributed by atoms with Gasteiger partial charge in [-0.15, -0.1) is 0 Å². The maximum atomic E-state index is 11.5. The van der Waals surface area contributed by atoms with Crippen LogP contribution in [0.3, 0.4) is 0 Å². The van der Waals surface area contributed by atoms with Gasteiger partial charge in [-0.25, -0.2) is 0 Å². The van der Waals surface area contributed by atoms with Gasteiger partial charge in [-0.05, 0) is 189 Å². The van der Waals surface area contributed by atoms with E-state index in [2.05, 4.69) is 69.2 Å². The van der Waals surface area contributed by atoms with Gasteiger partial charge in [-0.1, -0.05) is 163 Å². The van der Waals surface area contributed by atoms with Crippen molar-refractivity contribution in [3.05, 3.63) is 0 Å². The predicted molar refractivity (Wildman–Crippen MR) is 474 cm³/mol. The summed E-state index contributed by atoms with van der Waals surface area (Å²) < 4.78 is 67.1. The third-order valence-electron chi connectivity index (χ3n) is 30.9. The predicted octanol–water partition coefficient (Wildman–Crippen LogP) is 19.4. The highest BCUT2D eigenvalue weighted by Crippen LogP contribution is 2.67. The number of carboxylic acid groups (broad SMARTS) is 5. The van der Waals surface area contributed by atoms with E-state index < -0.39 is 53.6 Å². The van der Waals surface area contributed by atoms with Gasteiger partial charge in [0.1, 0.15) is 6.10 Å². The molecule has 24 heteroatoms. The summed E-state index contributed by atoms with van der Waals surface area (Å²) in [6, 6.07) is 0. The van der Waals surface area contributed by atoms with Crippen LogP contribution in [0.2, 0.25) is 0 Å². The molecule has 0 aromatic heterocycles. The molecule has 13 aliphatic heterocycles. The third kappa shape index (κ3) is 23.5. The number of esters is 1. The number of carboxylic acids is 5. The Morgan fingerprint density at radius 2 is 0.785 bits per heavy atom. The minimum Gasteiger partial charge on any atom is -0.481 e. The van der Waals surface area contributed by atoms with Crippen LogP contribution in [-0.4, -0.2) is 206 Å². The zero-order valence-corrected chi connectivity index (χ0v) is 68.8. The summed E-state index contributed by atoms with van der Waals surface area (Å²) in [5.74, 6) is 4.83. The van der Waals surface area contributed by atoms with Gasteiger partial charge >= 0.3 is 35.8 Å². The topological polar surface area (TPSA) is 346 Å². The third-order valence-corrected chi connectivity index (χ3v) is 30.9. The average Bonchev–Trinajstić information content (AvgIpc) is 1.59. The highest BCUT2D eigenvalue weighted by molar-refractivity contribution is 5.71.